The van der Waals surface area contributed by atoms with Crippen LogP contribution in [0.5, 0.6) is 0 Å². The number of nitrogens with zero attached hydrogens (tertiary/aromatic N) is 3. The summed E-state index contributed by atoms with van der Waals surface area (Å²) in [6, 6.07) is 1.53. The van der Waals surface area contributed by atoms with E-state index < -0.39 is 5.97 Å². The first kappa shape index (κ1) is 12.1. The zero-order valence-electron chi connectivity index (χ0n) is 10.3. The van der Waals surface area contributed by atoms with Crippen LogP contribution in [0.25, 0.3) is 5.82 Å². The van der Waals surface area contributed by atoms with Gasteiger partial charge in [0.25, 0.3) is 0 Å². The highest BCUT2D eigenvalue weighted by molar-refractivity contribution is 5.96. The first-order valence-corrected chi connectivity index (χ1v) is 5.56. The Hall–Kier alpha value is -2.37. The number of hydrogen-bond acceptors (Lipinski definition) is 5. The highest BCUT2D eigenvalue weighted by atomic mass is 16.5. The lowest BCUT2D eigenvalue weighted by Gasteiger charge is -2.08. The van der Waals surface area contributed by atoms with E-state index >= 15 is 0 Å². The molecule has 0 saturated heterocycles. The number of aryl methyl sites for hydroxylation is 1. The highest BCUT2D eigenvalue weighted by Gasteiger charge is 2.15. The Labute approximate surface area is 104 Å². The molecule has 2 rings (SSSR count). The summed E-state index contributed by atoms with van der Waals surface area (Å²) in [5.74, 6) is -0.0313. The Kier molecular flexibility index (Phi) is 3.27. The minimum atomic E-state index is -0.456. The molecule has 0 aliphatic heterocycles. The van der Waals surface area contributed by atoms with Crippen LogP contribution in [0.15, 0.2) is 24.7 Å². The van der Waals surface area contributed by atoms with Gasteiger partial charge in [-0.1, -0.05) is 0 Å². The molecule has 6 heteroatoms. The van der Waals surface area contributed by atoms with Crippen molar-refractivity contribution >= 4 is 11.7 Å². The van der Waals surface area contributed by atoms with Gasteiger partial charge in [-0.2, -0.15) is 5.10 Å². The maximum Gasteiger partial charge on any atom is 0.340 e. The standard InChI is InChI=1S/C12H14N4O2/c1-3-18-12(17)9-4-5-14-11(10(9)13)16-7-8(2)6-15-16/h4-7H,3,13H2,1-2H3. The zero-order valence-corrected chi connectivity index (χ0v) is 10.3. The van der Waals surface area contributed by atoms with E-state index in [0.717, 1.165) is 5.56 Å². The summed E-state index contributed by atoms with van der Waals surface area (Å²) >= 11 is 0. The van der Waals surface area contributed by atoms with Gasteiger partial charge in [0.1, 0.15) is 0 Å². The molecule has 2 aromatic rings. The zero-order chi connectivity index (χ0) is 13.1. The fourth-order valence-electron chi connectivity index (χ4n) is 1.56. The molecule has 0 fully saturated rings. The molecule has 18 heavy (non-hydrogen) atoms. The number of carbonyl (C=O) groups is 1. The Balaban J connectivity index is 2.45. The van der Waals surface area contributed by atoms with E-state index in [-0.39, 0.29) is 5.69 Å². The van der Waals surface area contributed by atoms with E-state index in [1.54, 1.807) is 19.3 Å². The van der Waals surface area contributed by atoms with E-state index in [1.807, 2.05) is 6.92 Å². The van der Waals surface area contributed by atoms with Gasteiger partial charge in [0.05, 0.1) is 24.1 Å². The number of nitrogens with two attached hydrogens (primary N) is 1. The van der Waals surface area contributed by atoms with Gasteiger partial charge >= 0.3 is 5.97 Å². The molecule has 94 valence electrons. The number of esters is 1. The van der Waals surface area contributed by atoms with Gasteiger partial charge in [-0.15, -0.1) is 0 Å². The van der Waals surface area contributed by atoms with E-state index in [4.69, 9.17) is 10.5 Å². The van der Waals surface area contributed by atoms with Gasteiger partial charge in [0.2, 0.25) is 0 Å². The maximum absolute atomic E-state index is 11.7. The molecule has 0 aliphatic carbocycles. The lowest BCUT2D eigenvalue weighted by Crippen LogP contribution is -2.12. The van der Waals surface area contributed by atoms with Crippen molar-refractivity contribution in [1.29, 1.82) is 0 Å². The van der Waals surface area contributed by atoms with Crippen molar-refractivity contribution in [3.05, 3.63) is 35.8 Å². The Morgan fingerprint density at radius 2 is 2.33 bits per heavy atom. The first-order chi connectivity index (χ1) is 8.63. The number of ether oxygens (including phenoxy) is 1. The molecule has 2 N–H and O–H groups in total. The van der Waals surface area contributed by atoms with Gasteiger partial charge in [0, 0.05) is 12.4 Å². The van der Waals surface area contributed by atoms with Gasteiger partial charge in [-0.3, -0.25) is 0 Å². The Morgan fingerprint density at radius 3 is 2.94 bits per heavy atom. The molecule has 6 nitrogen and oxygen atoms in total. The van der Waals surface area contributed by atoms with Crippen LogP contribution in [-0.4, -0.2) is 27.3 Å². The van der Waals surface area contributed by atoms with Crippen LogP contribution >= 0.6 is 0 Å². The SMILES string of the molecule is CCOC(=O)c1ccnc(-n2cc(C)cn2)c1N. The number of carbonyl (C=O) groups excluding carboxylic acids is 1. The fourth-order valence-corrected chi connectivity index (χ4v) is 1.56. The number of nitrogen functional groups attached to an aromatic ring is 1. The predicted molar refractivity (Wildman–Crippen MR) is 66.5 cm³/mol. The van der Waals surface area contributed by atoms with Gasteiger partial charge < -0.3 is 10.5 Å². The number of anilines is 1. The average molecular weight is 246 g/mol. The topological polar surface area (TPSA) is 83.0 Å². The van der Waals surface area contributed by atoms with Crippen LogP contribution in [0.4, 0.5) is 5.69 Å². The first-order valence-electron chi connectivity index (χ1n) is 5.56. The van der Waals surface area contributed by atoms with Crippen LogP contribution in [0, 0.1) is 6.92 Å². The Bertz CT molecular complexity index is 577. The molecular weight excluding hydrogens is 232 g/mol. The quantitative estimate of drug-likeness (QED) is 0.826. The van der Waals surface area contributed by atoms with E-state index in [9.17, 15) is 4.79 Å². The van der Waals surface area contributed by atoms with Crippen molar-refractivity contribution in [1.82, 2.24) is 14.8 Å². The molecule has 0 aliphatic rings. The van der Waals surface area contributed by atoms with E-state index in [0.29, 0.717) is 18.0 Å². The summed E-state index contributed by atoms with van der Waals surface area (Å²) in [6.45, 7) is 3.96. The maximum atomic E-state index is 11.7. The second-order valence-electron chi connectivity index (χ2n) is 3.78. The Morgan fingerprint density at radius 1 is 1.56 bits per heavy atom. The van der Waals surface area contributed by atoms with Gasteiger partial charge in [0.15, 0.2) is 5.82 Å². The summed E-state index contributed by atoms with van der Waals surface area (Å²) in [4.78, 5) is 15.8. The van der Waals surface area contributed by atoms with E-state index in [1.165, 1.54) is 16.9 Å². The number of rotatable bonds is 3. The largest absolute Gasteiger partial charge is 0.462 e. The fraction of sp³-hybridized carbons (Fsp3) is 0.250. The summed E-state index contributed by atoms with van der Waals surface area (Å²) in [5, 5.41) is 4.12. The van der Waals surface area contributed by atoms with Crippen LogP contribution in [0.2, 0.25) is 0 Å². The van der Waals surface area contributed by atoms with Crippen LogP contribution < -0.4 is 5.73 Å². The molecule has 0 unspecified atom stereocenters. The third-order valence-corrected chi connectivity index (χ3v) is 2.39. The molecule has 2 heterocycles. The van der Waals surface area contributed by atoms with Crippen LogP contribution in [-0.2, 0) is 4.74 Å². The summed E-state index contributed by atoms with van der Waals surface area (Å²) in [6.07, 6.45) is 4.99. The monoisotopic (exact) mass is 246 g/mol. The number of pyridine rings is 1. The predicted octanol–water partition coefficient (Wildman–Crippen LogP) is 1.33. The molecule has 0 bridgehead atoms. The lowest BCUT2D eigenvalue weighted by molar-refractivity contribution is 0.0527. The molecule has 0 amide bonds. The lowest BCUT2D eigenvalue weighted by atomic mass is 10.2. The highest BCUT2D eigenvalue weighted by Crippen LogP contribution is 2.19. The normalized spacial score (nSPS) is 10.3. The molecule has 0 radical (unpaired) electrons. The number of aromatic nitrogens is 3. The van der Waals surface area contributed by atoms with Crippen molar-refractivity contribution in [2.45, 2.75) is 13.8 Å². The summed E-state index contributed by atoms with van der Waals surface area (Å²) in [7, 11) is 0. The van der Waals surface area contributed by atoms with Crippen LogP contribution in [0.1, 0.15) is 22.8 Å². The summed E-state index contributed by atoms with van der Waals surface area (Å²) in [5.41, 5.74) is 7.48. The van der Waals surface area contributed by atoms with Gasteiger partial charge in [-0.25, -0.2) is 14.5 Å². The van der Waals surface area contributed by atoms with Crippen molar-refractivity contribution in [3.63, 3.8) is 0 Å². The third kappa shape index (κ3) is 2.17. The van der Waals surface area contributed by atoms with Crippen LogP contribution in [0.3, 0.4) is 0 Å². The molecule has 2 aromatic heterocycles. The smallest absolute Gasteiger partial charge is 0.340 e. The molecule has 0 atom stereocenters. The minimum absolute atomic E-state index is 0.263. The van der Waals surface area contributed by atoms with Crippen molar-refractivity contribution in [2.24, 2.45) is 0 Å². The average Bonchev–Trinajstić information content (AvgIpc) is 2.76. The van der Waals surface area contributed by atoms with Crippen molar-refractivity contribution in [2.75, 3.05) is 12.3 Å². The van der Waals surface area contributed by atoms with Crippen molar-refractivity contribution < 1.29 is 9.53 Å². The van der Waals surface area contributed by atoms with E-state index in [2.05, 4.69) is 10.1 Å². The second kappa shape index (κ2) is 4.87. The molecule has 0 aromatic carbocycles. The molecular formula is C12H14N4O2. The van der Waals surface area contributed by atoms with Crippen molar-refractivity contribution in [3.8, 4) is 5.82 Å². The summed E-state index contributed by atoms with van der Waals surface area (Å²) < 4.78 is 6.46. The second-order valence-corrected chi connectivity index (χ2v) is 3.78. The third-order valence-electron chi connectivity index (χ3n) is 2.39. The van der Waals surface area contributed by atoms with Gasteiger partial charge in [-0.05, 0) is 25.5 Å². The minimum Gasteiger partial charge on any atom is -0.462 e. The molecule has 0 saturated carbocycles. The molecule has 0 spiro atoms. The number of hydrogen-bond donors (Lipinski definition) is 1.